The lowest BCUT2D eigenvalue weighted by atomic mass is 10.3. The van der Waals surface area contributed by atoms with Crippen LogP contribution in [0.3, 0.4) is 0 Å². The van der Waals surface area contributed by atoms with E-state index >= 15 is 0 Å². The van der Waals surface area contributed by atoms with Crippen LogP contribution in [0.1, 0.15) is 10.5 Å². The average Bonchev–Trinajstić information content (AvgIpc) is 2.42. The lowest BCUT2D eigenvalue weighted by molar-refractivity contribution is 0.0957. The third kappa shape index (κ3) is 2.95. The van der Waals surface area contributed by atoms with Gasteiger partial charge < -0.3 is 15.8 Å². The Kier molecular flexibility index (Phi) is 3.56. The predicted molar refractivity (Wildman–Crippen MR) is 66.3 cm³/mol. The third-order valence-corrected chi connectivity index (χ3v) is 2.27. The second kappa shape index (κ2) is 5.30. The van der Waals surface area contributed by atoms with Gasteiger partial charge in [0.15, 0.2) is 17.3 Å². The first-order valence-electron chi connectivity index (χ1n) is 5.39. The predicted octanol–water partition coefficient (Wildman–Crippen LogP) is 1.35. The van der Waals surface area contributed by atoms with Gasteiger partial charge in [-0.2, -0.15) is 0 Å². The van der Waals surface area contributed by atoms with E-state index in [0.29, 0.717) is 5.69 Å². The summed E-state index contributed by atoms with van der Waals surface area (Å²) in [5.74, 6) is -0.901. The number of halogens is 1. The monoisotopic (exact) mass is 262 g/mol. The van der Waals surface area contributed by atoms with Crippen LogP contribution in [0.15, 0.2) is 30.3 Å². The zero-order valence-corrected chi connectivity index (χ0v) is 10.1. The molecule has 0 saturated heterocycles. The maximum Gasteiger partial charge on any atom is 0.271 e. The summed E-state index contributed by atoms with van der Waals surface area (Å²) in [6, 6.07) is 6.88. The Morgan fingerprint density at radius 1 is 1.32 bits per heavy atom. The number of benzene rings is 1. The van der Waals surface area contributed by atoms with Crippen molar-refractivity contribution >= 4 is 11.6 Å². The number of nitrogens with zero attached hydrogens (tertiary/aromatic N) is 2. The van der Waals surface area contributed by atoms with Crippen molar-refractivity contribution < 1.29 is 13.9 Å². The summed E-state index contributed by atoms with van der Waals surface area (Å²) in [7, 11) is 1.48. The highest BCUT2D eigenvalue weighted by atomic mass is 19.1. The molecule has 1 aromatic carbocycles. The molecule has 19 heavy (non-hydrogen) atoms. The lowest BCUT2D eigenvalue weighted by Crippen LogP contribution is -2.19. The lowest BCUT2D eigenvalue weighted by Gasteiger charge is -2.06. The zero-order chi connectivity index (χ0) is 13.8. The number of nitrogens with one attached hydrogen (secondary N) is 1. The van der Waals surface area contributed by atoms with E-state index in [-0.39, 0.29) is 23.2 Å². The van der Waals surface area contributed by atoms with Crippen LogP contribution >= 0.6 is 0 Å². The van der Waals surface area contributed by atoms with Gasteiger partial charge in [-0.3, -0.25) is 4.79 Å². The van der Waals surface area contributed by atoms with E-state index in [9.17, 15) is 9.18 Å². The molecule has 0 unspecified atom stereocenters. The normalized spacial score (nSPS) is 10.0. The van der Waals surface area contributed by atoms with Gasteiger partial charge in [0.2, 0.25) is 5.88 Å². The Morgan fingerprint density at radius 3 is 2.68 bits per heavy atom. The topological polar surface area (TPSA) is 90.1 Å². The number of carbonyl (C=O) groups is 1. The van der Waals surface area contributed by atoms with Crippen molar-refractivity contribution in [3.05, 3.63) is 41.8 Å². The molecule has 98 valence electrons. The summed E-state index contributed by atoms with van der Waals surface area (Å²) in [6.07, 6.45) is 0. The van der Waals surface area contributed by atoms with Crippen LogP contribution in [0.2, 0.25) is 0 Å². The molecule has 3 N–H and O–H groups in total. The van der Waals surface area contributed by atoms with Crippen LogP contribution in [0, 0.1) is 5.82 Å². The van der Waals surface area contributed by atoms with E-state index in [1.165, 1.54) is 31.3 Å². The highest BCUT2D eigenvalue weighted by molar-refractivity contribution is 5.91. The molecular formula is C12H11FN4O2. The van der Waals surface area contributed by atoms with Gasteiger partial charge in [0.05, 0.1) is 0 Å². The molecule has 0 saturated carbocycles. The third-order valence-electron chi connectivity index (χ3n) is 2.27. The van der Waals surface area contributed by atoms with Gasteiger partial charge in [0.25, 0.3) is 5.91 Å². The number of nitrogen functional groups attached to an aromatic ring is 1. The first-order valence-corrected chi connectivity index (χ1v) is 5.39. The fourth-order valence-electron chi connectivity index (χ4n) is 1.34. The smallest absolute Gasteiger partial charge is 0.271 e. The number of ether oxygens (including phenoxy) is 1. The minimum Gasteiger partial charge on any atom is -0.434 e. The standard InChI is InChI=1S/C12H11FN4O2/c1-15-12(18)9-3-5-11(17-16-9)19-10-4-2-7(14)6-8(10)13/h2-6H,14H2,1H3,(H,15,18). The summed E-state index contributed by atoms with van der Waals surface area (Å²) in [6.45, 7) is 0. The Morgan fingerprint density at radius 2 is 2.11 bits per heavy atom. The fourth-order valence-corrected chi connectivity index (χ4v) is 1.34. The summed E-state index contributed by atoms with van der Waals surface area (Å²) < 4.78 is 18.7. The second-order valence-corrected chi connectivity index (χ2v) is 3.63. The molecule has 0 fully saturated rings. The number of rotatable bonds is 3. The number of anilines is 1. The quantitative estimate of drug-likeness (QED) is 0.815. The Hall–Kier alpha value is -2.70. The van der Waals surface area contributed by atoms with Gasteiger partial charge >= 0.3 is 0 Å². The van der Waals surface area contributed by atoms with Gasteiger partial charge in [-0.05, 0) is 18.2 Å². The first-order chi connectivity index (χ1) is 9.10. The van der Waals surface area contributed by atoms with Crippen LogP contribution in [0.4, 0.5) is 10.1 Å². The molecule has 2 aromatic rings. The Balaban J connectivity index is 2.17. The Labute approximate surface area is 108 Å². The number of amides is 1. The van der Waals surface area contributed by atoms with E-state index in [1.54, 1.807) is 0 Å². The molecule has 0 aliphatic heterocycles. The van der Waals surface area contributed by atoms with Gasteiger partial charge in [-0.25, -0.2) is 4.39 Å². The maximum atomic E-state index is 13.5. The Bertz CT molecular complexity index is 601. The van der Waals surface area contributed by atoms with E-state index in [1.807, 2.05) is 0 Å². The molecule has 0 atom stereocenters. The molecule has 0 aliphatic rings. The molecule has 1 aromatic heterocycles. The van der Waals surface area contributed by atoms with Gasteiger partial charge in [-0.1, -0.05) is 0 Å². The molecule has 0 bridgehead atoms. The summed E-state index contributed by atoms with van der Waals surface area (Å²) >= 11 is 0. The second-order valence-electron chi connectivity index (χ2n) is 3.63. The average molecular weight is 262 g/mol. The van der Waals surface area contributed by atoms with Crippen molar-refractivity contribution in [1.82, 2.24) is 15.5 Å². The molecule has 1 heterocycles. The number of hydrogen-bond acceptors (Lipinski definition) is 5. The fraction of sp³-hybridized carbons (Fsp3) is 0.0833. The van der Waals surface area contributed by atoms with Crippen molar-refractivity contribution in [2.45, 2.75) is 0 Å². The van der Waals surface area contributed by atoms with Crippen LogP contribution in [-0.4, -0.2) is 23.2 Å². The van der Waals surface area contributed by atoms with Crippen LogP contribution in [-0.2, 0) is 0 Å². The van der Waals surface area contributed by atoms with Gasteiger partial charge in [0, 0.05) is 24.9 Å². The van der Waals surface area contributed by atoms with Crippen molar-refractivity contribution in [3.8, 4) is 11.6 Å². The SMILES string of the molecule is CNC(=O)c1ccc(Oc2ccc(N)cc2F)nn1. The van der Waals surface area contributed by atoms with Crippen molar-refractivity contribution in [2.24, 2.45) is 0 Å². The zero-order valence-electron chi connectivity index (χ0n) is 10.1. The van der Waals surface area contributed by atoms with E-state index in [0.717, 1.165) is 6.07 Å². The van der Waals surface area contributed by atoms with Gasteiger partial charge in [-0.15, -0.1) is 10.2 Å². The molecule has 0 aliphatic carbocycles. The maximum absolute atomic E-state index is 13.5. The van der Waals surface area contributed by atoms with Crippen molar-refractivity contribution in [3.63, 3.8) is 0 Å². The van der Waals surface area contributed by atoms with Gasteiger partial charge in [0.1, 0.15) is 0 Å². The number of aromatic nitrogens is 2. The highest BCUT2D eigenvalue weighted by Gasteiger charge is 2.09. The summed E-state index contributed by atoms with van der Waals surface area (Å²) in [4.78, 5) is 11.2. The molecule has 0 radical (unpaired) electrons. The summed E-state index contributed by atoms with van der Waals surface area (Å²) in [5, 5.41) is 9.74. The van der Waals surface area contributed by atoms with Crippen LogP contribution in [0.25, 0.3) is 0 Å². The molecule has 6 nitrogen and oxygen atoms in total. The molecular weight excluding hydrogens is 251 g/mol. The molecule has 2 rings (SSSR count). The molecule has 7 heteroatoms. The van der Waals surface area contributed by atoms with E-state index < -0.39 is 5.82 Å². The molecule has 0 spiro atoms. The van der Waals surface area contributed by atoms with E-state index in [2.05, 4.69) is 15.5 Å². The highest BCUT2D eigenvalue weighted by Crippen LogP contribution is 2.24. The van der Waals surface area contributed by atoms with E-state index in [4.69, 9.17) is 10.5 Å². The largest absolute Gasteiger partial charge is 0.434 e. The number of carbonyl (C=O) groups excluding carboxylic acids is 1. The minimum absolute atomic E-state index is 0.0174. The molecule has 1 amide bonds. The van der Waals surface area contributed by atoms with Crippen molar-refractivity contribution in [1.29, 1.82) is 0 Å². The minimum atomic E-state index is -0.600. The number of nitrogens with two attached hydrogens (primary N) is 1. The first kappa shape index (κ1) is 12.7. The number of hydrogen-bond donors (Lipinski definition) is 2. The van der Waals surface area contributed by atoms with Crippen LogP contribution < -0.4 is 15.8 Å². The van der Waals surface area contributed by atoms with Crippen molar-refractivity contribution in [2.75, 3.05) is 12.8 Å². The summed E-state index contributed by atoms with van der Waals surface area (Å²) in [5.41, 5.74) is 5.86. The van der Waals surface area contributed by atoms with Crippen LogP contribution in [0.5, 0.6) is 11.6 Å².